The molecule has 0 spiro atoms. The molecule has 21 heavy (non-hydrogen) atoms. The number of rotatable bonds is 1. The van der Waals surface area contributed by atoms with Crippen molar-refractivity contribution >= 4 is 0 Å². The first-order valence-corrected chi connectivity index (χ1v) is 6.57. The number of aliphatic hydroxyl groups excluding tert-OH is 2. The third-order valence-electron chi connectivity index (χ3n) is 3.53. The molecule has 6 nitrogen and oxygen atoms in total. The van der Waals surface area contributed by atoms with Gasteiger partial charge in [-0.3, -0.25) is 0 Å². The number of nitrogens with zero attached hydrogens (tertiary/aromatic N) is 3. The van der Waals surface area contributed by atoms with Crippen LogP contribution in [0.1, 0.15) is 12.5 Å². The molecule has 112 valence electrons. The highest BCUT2D eigenvalue weighted by atomic mass is 16.3. The first kappa shape index (κ1) is 14.8. The lowest BCUT2D eigenvalue weighted by atomic mass is 10.0. The molecule has 0 radical (unpaired) electrons. The van der Waals surface area contributed by atoms with Crippen molar-refractivity contribution in [1.82, 2.24) is 19.8 Å². The number of nitrogens with one attached hydrogen (secondary N) is 1. The van der Waals surface area contributed by atoms with E-state index in [1.165, 1.54) is 0 Å². The Morgan fingerprint density at radius 1 is 1.14 bits per heavy atom. The van der Waals surface area contributed by atoms with Crippen LogP contribution in [0.5, 0.6) is 0 Å². The largest absolute Gasteiger partial charge is 0.491 e. The van der Waals surface area contributed by atoms with E-state index in [0.717, 1.165) is 5.56 Å². The number of benzene rings is 1. The van der Waals surface area contributed by atoms with Crippen LogP contribution >= 0.6 is 0 Å². The number of hydrogen-bond acceptors (Lipinski definition) is 5. The standard InChI is InChI=1S/C11H14N2O2.C4H6N2/c1-11(8-6-4-3-5-7-8)12-9(14)10(15)13(11)2;1-6-3-2-5-4-6/h3-7,12,14-15H,1-2H3;2-4H,1H3. The number of hydrogen-bond donors (Lipinski definition) is 3. The summed E-state index contributed by atoms with van der Waals surface area (Å²) >= 11 is 0. The van der Waals surface area contributed by atoms with Gasteiger partial charge in [0.15, 0.2) is 0 Å². The van der Waals surface area contributed by atoms with Gasteiger partial charge in [-0.2, -0.15) is 0 Å². The second kappa shape index (κ2) is 5.78. The lowest BCUT2D eigenvalue weighted by Crippen LogP contribution is -2.45. The Morgan fingerprint density at radius 2 is 1.81 bits per heavy atom. The summed E-state index contributed by atoms with van der Waals surface area (Å²) in [6, 6.07) is 9.64. The minimum absolute atomic E-state index is 0.138. The van der Waals surface area contributed by atoms with E-state index in [0.29, 0.717) is 0 Å². The van der Waals surface area contributed by atoms with Crippen molar-refractivity contribution in [3.63, 3.8) is 0 Å². The van der Waals surface area contributed by atoms with E-state index >= 15 is 0 Å². The normalized spacial score (nSPS) is 20.8. The van der Waals surface area contributed by atoms with E-state index in [2.05, 4.69) is 10.3 Å². The van der Waals surface area contributed by atoms with Crippen LogP contribution in [-0.2, 0) is 12.7 Å². The Hall–Kier alpha value is -2.63. The molecular formula is C15H20N4O2. The zero-order valence-electron chi connectivity index (χ0n) is 12.4. The van der Waals surface area contributed by atoms with Gasteiger partial charge in [-0.15, -0.1) is 0 Å². The fourth-order valence-electron chi connectivity index (χ4n) is 2.10. The Morgan fingerprint density at radius 3 is 2.19 bits per heavy atom. The third-order valence-corrected chi connectivity index (χ3v) is 3.53. The molecule has 1 aromatic heterocycles. The van der Waals surface area contributed by atoms with Crippen molar-refractivity contribution in [2.45, 2.75) is 12.6 Å². The summed E-state index contributed by atoms with van der Waals surface area (Å²) in [4.78, 5) is 5.38. The van der Waals surface area contributed by atoms with Gasteiger partial charge in [0.1, 0.15) is 5.66 Å². The first-order valence-electron chi connectivity index (χ1n) is 6.57. The molecule has 2 heterocycles. The highest BCUT2D eigenvalue weighted by molar-refractivity contribution is 5.28. The van der Waals surface area contributed by atoms with Crippen molar-refractivity contribution in [3.05, 3.63) is 66.4 Å². The number of aliphatic hydroxyl groups is 2. The fourth-order valence-corrected chi connectivity index (χ4v) is 2.10. The topological polar surface area (TPSA) is 73.6 Å². The van der Waals surface area contributed by atoms with Gasteiger partial charge in [0.25, 0.3) is 5.88 Å². The molecule has 1 aliphatic heterocycles. The van der Waals surface area contributed by atoms with Gasteiger partial charge in [0, 0.05) is 26.5 Å². The summed E-state index contributed by atoms with van der Waals surface area (Å²) in [6.45, 7) is 1.89. The smallest absolute Gasteiger partial charge is 0.250 e. The highest BCUT2D eigenvalue weighted by Crippen LogP contribution is 2.32. The van der Waals surface area contributed by atoms with Gasteiger partial charge in [-0.05, 0) is 12.5 Å². The molecule has 6 heteroatoms. The second-order valence-electron chi connectivity index (χ2n) is 5.02. The maximum Gasteiger partial charge on any atom is 0.250 e. The molecule has 0 amide bonds. The van der Waals surface area contributed by atoms with Crippen molar-refractivity contribution in [3.8, 4) is 0 Å². The Labute approximate surface area is 124 Å². The summed E-state index contributed by atoms with van der Waals surface area (Å²) in [5.74, 6) is -0.329. The molecular weight excluding hydrogens is 268 g/mol. The predicted molar refractivity (Wildman–Crippen MR) is 80.2 cm³/mol. The van der Waals surface area contributed by atoms with Crippen LogP contribution in [-0.4, -0.2) is 31.7 Å². The first-order chi connectivity index (χ1) is 9.95. The van der Waals surface area contributed by atoms with E-state index in [1.807, 2.05) is 55.1 Å². The van der Waals surface area contributed by atoms with Gasteiger partial charge in [0.05, 0.1) is 6.33 Å². The van der Waals surface area contributed by atoms with Crippen LogP contribution in [0.4, 0.5) is 0 Å². The minimum Gasteiger partial charge on any atom is -0.491 e. The van der Waals surface area contributed by atoms with E-state index < -0.39 is 5.66 Å². The molecule has 0 bridgehead atoms. The predicted octanol–water partition coefficient (Wildman–Crippen LogP) is 2.06. The van der Waals surface area contributed by atoms with Gasteiger partial charge >= 0.3 is 0 Å². The van der Waals surface area contributed by atoms with E-state index in [9.17, 15) is 10.2 Å². The quantitative estimate of drug-likeness (QED) is 0.749. The summed E-state index contributed by atoms with van der Waals surface area (Å²) < 4.78 is 1.89. The molecule has 1 unspecified atom stereocenters. The van der Waals surface area contributed by atoms with Crippen LogP contribution in [0.25, 0.3) is 0 Å². The zero-order valence-corrected chi connectivity index (χ0v) is 12.4. The van der Waals surface area contributed by atoms with Gasteiger partial charge < -0.3 is 25.0 Å². The second-order valence-corrected chi connectivity index (χ2v) is 5.02. The molecule has 0 fully saturated rings. The molecule has 2 aromatic rings. The van der Waals surface area contributed by atoms with Crippen LogP contribution in [0.2, 0.25) is 0 Å². The SMILES string of the molecule is CN1C(O)=C(O)NC1(C)c1ccccc1.Cn1ccnc1. The maximum atomic E-state index is 9.56. The van der Waals surface area contributed by atoms with Crippen molar-refractivity contribution in [2.75, 3.05) is 7.05 Å². The van der Waals surface area contributed by atoms with Crippen molar-refractivity contribution in [1.29, 1.82) is 0 Å². The number of imidazole rings is 1. The van der Waals surface area contributed by atoms with Gasteiger partial charge in [-0.25, -0.2) is 4.98 Å². The summed E-state index contributed by atoms with van der Waals surface area (Å²) in [7, 11) is 3.66. The third kappa shape index (κ3) is 2.94. The zero-order chi connectivity index (χ0) is 15.5. The molecule has 1 aliphatic rings. The van der Waals surface area contributed by atoms with E-state index in [-0.39, 0.29) is 11.8 Å². The fraction of sp³-hybridized carbons (Fsp3) is 0.267. The molecule has 1 atom stereocenters. The van der Waals surface area contributed by atoms with Crippen LogP contribution in [0.15, 0.2) is 60.8 Å². The minimum atomic E-state index is -0.602. The molecule has 0 aliphatic carbocycles. The summed E-state index contributed by atoms with van der Waals surface area (Å²) in [5, 5.41) is 21.9. The average molecular weight is 288 g/mol. The van der Waals surface area contributed by atoms with E-state index in [4.69, 9.17) is 0 Å². The molecule has 1 aromatic carbocycles. The van der Waals surface area contributed by atoms with Crippen molar-refractivity contribution in [2.24, 2.45) is 7.05 Å². The molecule has 3 rings (SSSR count). The Bertz CT molecular complexity index is 610. The van der Waals surface area contributed by atoms with Crippen molar-refractivity contribution < 1.29 is 10.2 Å². The number of aryl methyl sites for hydroxylation is 1. The summed E-state index contributed by atoms with van der Waals surface area (Å²) in [5.41, 5.74) is 0.373. The average Bonchev–Trinajstić information content (AvgIpc) is 3.04. The maximum absolute atomic E-state index is 9.56. The van der Waals surface area contributed by atoms with Gasteiger partial charge in [0.2, 0.25) is 5.88 Å². The van der Waals surface area contributed by atoms with Crippen LogP contribution in [0, 0.1) is 0 Å². The van der Waals surface area contributed by atoms with Gasteiger partial charge in [-0.1, -0.05) is 30.3 Å². The molecule has 0 saturated carbocycles. The summed E-state index contributed by atoms with van der Waals surface area (Å²) in [6.07, 6.45) is 5.39. The Balaban J connectivity index is 0.000000225. The molecule has 0 saturated heterocycles. The Kier molecular flexibility index (Phi) is 4.07. The monoisotopic (exact) mass is 288 g/mol. The molecule has 3 N–H and O–H groups in total. The highest BCUT2D eigenvalue weighted by Gasteiger charge is 2.40. The lowest BCUT2D eigenvalue weighted by molar-refractivity contribution is 0.122. The van der Waals surface area contributed by atoms with Crippen LogP contribution in [0.3, 0.4) is 0 Å². The number of aromatic nitrogens is 2. The lowest BCUT2D eigenvalue weighted by Gasteiger charge is -2.34. The van der Waals surface area contributed by atoms with E-state index in [1.54, 1.807) is 24.5 Å². The van der Waals surface area contributed by atoms with Crippen LogP contribution < -0.4 is 5.32 Å².